The second-order valence-electron chi connectivity index (χ2n) is 3.27. The molecule has 60 valence electrons. The second kappa shape index (κ2) is 3.38. The van der Waals surface area contributed by atoms with Crippen LogP contribution in [0.4, 0.5) is 0 Å². The summed E-state index contributed by atoms with van der Waals surface area (Å²) < 4.78 is 5.62. The minimum atomic E-state index is 0.602. The summed E-state index contributed by atoms with van der Waals surface area (Å²) >= 11 is 0. The van der Waals surface area contributed by atoms with E-state index < -0.39 is 0 Å². The van der Waals surface area contributed by atoms with Crippen LogP contribution in [0.25, 0.3) is 0 Å². The molecular weight excluding hydrogens is 124 g/mol. The summed E-state index contributed by atoms with van der Waals surface area (Å²) in [6, 6.07) is 0. The first-order chi connectivity index (χ1) is 4.81. The minimum absolute atomic E-state index is 0.602. The van der Waals surface area contributed by atoms with Crippen molar-refractivity contribution in [3.63, 3.8) is 0 Å². The van der Waals surface area contributed by atoms with Crippen molar-refractivity contribution in [1.82, 2.24) is 0 Å². The average molecular weight is 142 g/mol. The Morgan fingerprint density at radius 2 is 2.00 bits per heavy atom. The van der Waals surface area contributed by atoms with Gasteiger partial charge >= 0.3 is 0 Å². The smallest absolute Gasteiger partial charge is 0.0635 e. The molecule has 0 N–H and O–H groups in total. The maximum Gasteiger partial charge on any atom is 0.0635 e. The lowest BCUT2D eigenvalue weighted by molar-refractivity contribution is 0.102. The lowest BCUT2D eigenvalue weighted by Gasteiger charge is -1.98. The molecule has 0 aromatic heterocycles. The van der Waals surface area contributed by atoms with Crippen LogP contribution in [-0.4, -0.2) is 12.7 Å². The van der Waals surface area contributed by atoms with E-state index in [9.17, 15) is 0 Å². The molecule has 3 atom stereocenters. The van der Waals surface area contributed by atoms with E-state index in [2.05, 4.69) is 20.8 Å². The van der Waals surface area contributed by atoms with Crippen LogP contribution >= 0.6 is 0 Å². The van der Waals surface area contributed by atoms with Gasteiger partial charge in [0.1, 0.15) is 0 Å². The molecule has 1 aliphatic carbocycles. The quantitative estimate of drug-likeness (QED) is 0.586. The summed E-state index contributed by atoms with van der Waals surface area (Å²) in [5.74, 6) is 1.70. The van der Waals surface area contributed by atoms with E-state index in [1.54, 1.807) is 0 Å². The Morgan fingerprint density at radius 1 is 1.30 bits per heavy atom. The Labute approximate surface area is 63.8 Å². The van der Waals surface area contributed by atoms with Gasteiger partial charge in [0, 0.05) is 6.61 Å². The summed E-state index contributed by atoms with van der Waals surface area (Å²) in [6.07, 6.45) is 3.04. The van der Waals surface area contributed by atoms with Crippen molar-refractivity contribution >= 4 is 0 Å². The van der Waals surface area contributed by atoms with Gasteiger partial charge in [-0.15, -0.1) is 0 Å². The standard InChI is InChI=1S/C9H18O/c1-4-6-10-9-7(3)8(9)5-2/h7-9H,4-6H2,1-3H3. The van der Waals surface area contributed by atoms with Crippen LogP contribution in [0.3, 0.4) is 0 Å². The van der Waals surface area contributed by atoms with Crippen LogP contribution in [0.5, 0.6) is 0 Å². The third-order valence-corrected chi connectivity index (χ3v) is 2.46. The topological polar surface area (TPSA) is 9.23 Å². The molecule has 0 aliphatic heterocycles. The molecule has 3 unspecified atom stereocenters. The summed E-state index contributed by atoms with van der Waals surface area (Å²) in [6.45, 7) is 7.64. The Hall–Kier alpha value is -0.0400. The van der Waals surface area contributed by atoms with E-state index in [0.717, 1.165) is 24.9 Å². The lowest BCUT2D eigenvalue weighted by Crippen LogP contribution is -1.98. The number of hydrogen-bond acceptors (Lipinski definition) is 1. The van der Waals surface area contributed by atoms with Gasteiger partial charge in [0.05, 0.1) is 6.10 Å². The zero-order valence-electron chi connectivity index (χ0n) is 7.26. The summed E-state index contributed by atoms with van der Waals surface area (Å²) in [7, 11) is 0. The highest BCUT2D eigenvalue weighted by Gasteiger charge is 2.45. The monoisotopic (exact) mass is 142 g/mol. The van der Waals surface area contributed by atoms with Crippen molar-refractivity contribution in [2.75, 3.05) is 6.61 Å². The molecule has 0 aromatic carbocycles. The van der Waals surface area contributed by atoms with Crippen LogP contribution in [0, 0.1) is 11.8 Å². The molecule has 0 aromatic rings. The van der Waals surface area contributed by atoms with Gasteiger partial charge in [-0.2, -0.15) is 0 Å². The summed E-state index contributed by atoms with van der Waals surface area (Å²) in [5, 5.41) is 0. The van der Waals surface area contributed by atoms with Crippen molar-refractivity contribution < 1.29 is 4.74 Å². The predicted octanol–water partition coefficient (Wildman–Crippen LogP) is 2.46. The van der Waals surface area contributed by atoms with Crippen LogP contribution in [0.2, 0.25) is 0 Å². The SMILES string of the molecule is CCCOC1C(C)C1CC. The maximum atomic E-state index is 5.62. The second-order valence-corrected chi connectivity index (χ2v) is 3.27. The summed E-state index contributed by atoms with van der Waals surface area (Å²) in [5.41, 5.74) is 0. The van der Waals surface area contributed by atoms with Gasteiger partial charge in [-0.1, -0.05) is 27.2 Å². The molecule has 0 radical (unpaired) electrons. The zero-order valence-corrected chi connectivity index (χ0v) is 7.26. The van der Waals surface area contributed by atoms with E-state index in [0.29, 0.717) is 6.10 Å². The molecule has 1 saturated carbocycles. The van der Waals surface area contributed by atoms with Crippen LogP contribution in [-0.2, 0) is 4.74 Å². The van der Waals surface area contributed by atoms with Gasteiger partial charge < -0.3 is 4.74 Å². The lowest BCUT2D eigenvalue weighted by atomic mass is 10.3. The van der Waals surface area contributed by atoms with Crippen molar-refractivity contribution in [3.05, 3.63) is 0 Å². The number of rotatable bonds is 4. The van der Waals surface area contributed by atoms with Gasteiger partial charge in [-0.3, -0.25) is 0 Å². The summed E-state index contributed by atoms with van der Waals surface area (Å²) in [4.78, 5) is 0. The highest BCUT2D eigenvalue weighted by molar-refractivity contribution is 4.94. The van der Waals surface area contributed by atoms with Crippen molar-refractivity contribution in [3.8, 4) is 0 Å². The third kappa shape index (κ3) is 1.51. The first-order valence-corrected chi connectivity index (χ1v) is 4.42. The normalized spacial score (nSPS) is 38.1. The van der Waals surface area contributed by atoms with E-state index in [-0.39, 0.29) is 0 Å². The minimum Gasteiger partial charge on any atom is -0.378 e. The van der Waals surface area contributed by atoms with Gasteiger partial charge in [0.25, 0.3) is 0 Å². The maximum absolute atomic E-state index is 5.62. The molecule has 1 nitrogen and oxygen atoms in total. The highest BCUT2D eigenvalue weighted by atomic mass is 16.5. The Balaban J connectivity index is 2.09. The molecule has 0 saturated heterocycles. The molecule has 0 heterocycles. The molecule has 1 fully saturated rings. The molecule has 1 aliphatic rings. The van der Waals surface area contributed by atoms with Crippen LogP contribution in [0.15, 0.2) is 0 Å². The first kappa shape index (κ1) is 8.06. The number of hydrogen-bond donors (Lipinski definition) is 0. The Kier molecular flexibility index (Phi) is 2.72. The van der Waals surface area contributed by atoms with E-state index in [1.807, 2.05) is 0 Å². The Morgan fingerprint density at radius 3 is 2.40 bits per heavy atom. The molecule has 0 bridgehead atoms. The van der Waals surface area contributed by atoms with Crippen molar-refractivity contribution in [1.29, 1.82) is 0 Å². The fourth-order valence-electron chi connectivity index (χ4n) is 1.64. The fraction of sp³-hybridized carbons (Fsp3) is 1.00. The van der Waals surface area contributed by atoms with Crippen LogP contribution in [0.1, 0.15) is 33.6 Å². The van der Waals surface area contributed by atoms with Gasteiger partial charge in [0.15, 0.2) is 0 Å². The van der Waals surface area contributed by atoms with Gasteiger partial charge in [0.2, 0.25) is 0 Å². The first-order valence-electron chi connectivity index (χ1n) is 4.42. The molecule has 1 rings (SSSR count). The molecule has 1 heteroatoms. The molecule has 0 spiro atoms. The van der Waals surface area contributed by atoms with Crippen LogP contribution < -0.4 is 0 Å². The molecular formula is C9H18O. The largest absolute Gasteiger partial charge is 0.378 e. The van der Waals surface area contributed by atoms with Gasteiger partial charge in [-0.05, 0) is 18.3 Å². The van der Waals surface area contributed by atoms with Crippen molar-refractivity contribution in [2.45, 2.75) is 39.7 Å². The predicted molar refractivity (Wildman–Crippen MR) is 43.0 cm³/mol. The Bertz CT molecular complexity index is 101. The fourth-order valence-corrected chi connectivity index (χ4v) is 1.64. The number of ether oxygens (including phenoxy) is 1. The molecule has 10 heavy (non-hydrogen) atoms. The van der Waals surface area contributed by atoms with E-state index in [4.69, 9.17) is 4.74 Å². The zero-order chi connectivity index (χ0) is 7.56. The van der Waals surface area contributed by atoms with E-state index in [1.165, 1.54) is 6.42 Å². The van der Waals surface area contributed by atoms with E-state index >= 15 is 0 Å². The average Bonchev–Trinajstić information content (AvgIpc) is 2.56. The van der Waals surface area contributed by atoms with Crippen molar-refractivity contribution in [2.24, 2.45) is 11.8 Å². The third-order valence-electron chi connectivity index (χ3n) is 2.46. The van der Waals surface area contributed by atoms with Gasteiger partial charge in [-0.25, -0.2) is 0 Å². The highest BCUT2D eigenvalue weighted by Crippen LogP contribution is 2.43. The molecule has 0 amide bonds.